The van der Waals surface area contributed by atoms with Gasteiger partial charge in [0.05, 0.1) is 0 Å². The van der Waals surface area contributed by atoms with Crippen LogP contribution in [0.3, 0.4) is 0 Å². The number of aliphatic hydroxyl groups is 1. The third-order valence-corrected chi connectivity index (χ3v) is 3.79. The lowest BCUT2D eigenvalue weighted by Gasteiger charge is -2.38. The zero-order valence-corrected chi connectivity index (χ0v) is 10.2. The Morgan fingerprint density at radius 2 is 2.12 bits per heavy atom. The number of hydrogen-bond donors (Lipinski definition) is 1. The van der Waals surface area contributed by atoms with E-state index in [0.717, 1.165) is 19.4 Å². The first-order valence-corrected chi connectivity index (χ1v) is 6.15. The van der Waals surface area contributed by atoms with Crippen molar-refractivity contribution in [1.29, 1.82) is 0 Å². The van der Waals surface area contributed by atoms with E-state index in [1.165, 1.54) is 11.3 Å². The smallest absolute Gasteiger partial charge is 0.0431 e. The van der Waals surface area contributed by atoms with Crippen LogP contribution in [0.5, 0.6) is 0 Å². The molecule has 1 N–H and O–H groups in total. The monoisotopic (exact) mass is 219 g/mol. The molecule has 1 aromatic rings. The summed E-state index contributed by atoms with van der Waals surface area (Å²) in [7, 11) is 2.16. The number of rotatable bonds is 3. The molecule has 2 rings (SSSR count). The van der Waals surface area contributed by atoms with Crippen LogP contribution in [0.25, 0.3) is 0 Å². The standard InChI is InChI=1S/C14H21NO/c1-11-12(6-5-9-16)10-15(2)14-8-4-3-7-13(11)14/h3-4,7-8,11-12,16H,5-6,9-10H2,1-2H3/t11-,12+/m0/s1. The molecule has 2 heteroatoms. The van der Waals surface area contributed by atoms with Gasteiger partial charge in [-0.15, -0.1) is 0 Å². The van der Waals surface area contributed by atoms with Crippen LogP contribution < -0.4 is 4.90 Å². The average molecular weight is 219 g/mol. The maximum atomic E-state index is 8.93. The number of aliphatic hydroxyl groups excluding tert-OH is 1. The Hall–Kier alpha value is -1.02. The Balaban J connectivity index is 2.20. The molecule has 1 aromatic carbocycles. The minimum Gasteiger partial charge on any atom is -0.396 e. The Labute approximate surface area is 97.9 Å². The number of hydrogen-bond acceptors (Lipinski definition) is 2. The van der Waals surface area contributed by atoms with E-state index in [1.54, 1.807) is 0 Å². The number of anilines is 1. The summed E-state index contributed by atoms with van der Waals surface area (Å²) >= 11 is 0. The molecule has 0 fully saturated rings. The van der Waals surface area contributed by atoms with Crippen LogP contribution in [0.1, 0.15) is 31.2 Å². The molecule has 0 amide bonds. The van der Waals surface area contributed by atoms with Crippen molar-refractivity contribution in [1.82, 2.24) is 0 Å². The predicted octanol–water partition coefficient (Wildman–Crippen LogP) is 2.63. The number of benzene rings is 1. The van der Waals surface area contributed by atoms with Crippen LogP contribution in [-0.2, 0) is 0 Å². The summed E-state index contributed by atoms with van der Waals surface area (Å²) in [4.78, 5) is 2.34. The lowest BCUT2D eigenvalue weighted by Crippen LogP contribution is -2.34. The highest BCUT2D eigenvalue weighted by Gasteiger charge is 2.27. The minimum atomic E-state index is 0.314. The van der Waals surface area contributed by atoms with Gasteiger partial charge in [-0.3, -0.25) is 0 Å². The molecule has 0 radical (unpaired) electrons. The van der Waals surface area contributed by atoms with Crippen molar-refractivity contribution in [2.45, 2.75) is 25.7 Å². The molecule has 2 nitrogen and oxygen atoms in total. The molecule has 88 valence electrons. The number of fused-ring (bicyclic) bond motifs is 1. The highest BCUT2D eigenvalue weighted by Crippen LogP contribution is 2.39. The first-order chi connectivity index (χ1) is 7.74. The fourth-order valence-electron chi connectivity index (χ4n) is 2.78. The molecule has 0 spiro atoms. The topological polar surface area (TPSA) is 23.5 Å². The van der Waals surface area contributed by atoms with Crippen molar-refractivity contribution < 1.29 is 5.11 Å². The number of nitrogens with zero attached hydrogens (tertiary/aromatic N) is 1. The van der Waals surface area contributed by atoms with E-state index in [-0.39, 0.29) is 0 Å². The van der Waals surface area contributed by atoms with Gasteiger partial charge < -0.3 is 10.0 Å². The summed E-state index contributed by atoms with van der Waals surface area (Å²) in [6, 6.07) is 8.67. The Kier molecular flexibility index (Phi) is 3.49. The molecule has 1 aliphatic rings. The maximum Gasteiger partial charge on any atom is 0.0431 e. The summed E-state index contributed by atoms with van der Waals surface area (Å²) in [6.45, 7) is 3.74. The van der Waals surface area contributed by atoms with E-state index >= 15 is 0 Å². The second-order valence-corrected chi connectivity index (χ2v) is 4.85. The summed E-state index contributed by atoms with van der Waals surface area (Å²) in [5, 5.41) is 8.93. The summed E-state index contributed by atoms with van der Waals surface area (Å²) in [6.07, 6.45) is 2.04. The average Bonchev–Trinajstić information content (AvgIpc) is 2.32. The molecule has 0 aliphatic carbocycles. The largest absolute Gasteiger partial charge is 0.396 e. The van der Waals surface area contributed by atoms with Gasteiger partial charge >= 0.3 is 0 Å². The van der Waals surface area contributed by atoms with E-state index in [2.05, 4.69) is 43.1 Å². The van der Waals surface area contributed by atoms with Crippen molar-refractivity contribution in [3.05, 3.63) is 29.8 Å². The molecule has 2 atom stereocenters. The van der Waals surface area contributed by atoms with Crippen LogP contribution >= 0.6 is 0 Å². The first kappa shape index (κ1) is 11.5. The fourth-order valence-corrected chi connectivity index (χ4v) is 2.78. The van der Waals surface area contributed by atoms with Crippen LogP contribution in [-0.4, -0.2) is 25.3 Å². The van der Waals surface area contributed by atoms with E-state index in [1.807, 2.05) is 0 Å². The predicted molar refractivity (Wildman–Crippen MR) is 67.9 cm³/mol. The van der Waals surface area contributed by atoms with Crippen LogP contribution in [0.4, 0.5) is 5.69 Å². The molecule has 0 saturated heterocycles. The van der Waals surface area contributed by atoms with Crippen molar-refractivity contribution in [3.8, 4) is 0 Å². The van der Waals surface area contributed by atoms with Crippen molar-refractivity contribution >= 4 is 5.69 Å². The van der Waals surface area contributed by atoms with Gasteiger partial charge in [-0.1, -0.05) is 25.1 Å². The second kappa shape index (κ2) is 4.88. The maximum absolute atomic E-state index is 8.93. The normalized spacial score (nSPS) is 24.3. The van der Waals surface area contributed by atoms with E-state index in [9.17, 15) is 0 Å². The quantitative estimate of drug-likeness (QED) is 0.844. The molecule has 0 bridgehead atoms. The van der Waals surface area contributed by atoms with Gasteiger partial charge in [0.2, 0.25) is 0 Å². The van der Waals surface area contributed by atoms with Gasteiger partial charge in [-0.05, 0) is 36.3 Å². The Bertz CT molecular complexity index is 350. The lowest BCUT2D eigenvalue weighted by atomic mass is 9.80. The fraction of sp³-hybridized carbons (Fsp3) is 0.571. The van der Waals surface area contributed by atoms with Crippen molar-refractivity contribution in [3.63, 3.8) is 0 Å². The van der Waals surface area contributed by atoms with Gasteiger partial charge in [0.15, 0.2) is 0 Å². The Morgan fingerprint density at radius 1 is 1.38 bits per heavy atom. The molecule has 0 saturated carbocycles. The highest BCUT2D eigenvalue weighted by molar-refractivity contribution is 5.56. The first-order valence-electron chi connectivity index (χ1n) is 6.15. The third kappa shape index (κ3) is 2.07. The van der Waals surface area contributed by atoms with Crippen LogP contribution in [0.15, 0.2) is 24.3 Å². The van der Waals surface area contributed by atoms with Crippen molar-refractivity contribution in [2.75, 3.05) is 25.1 Å². The molecule has 1 heterocycles. The van der Waals surface area contributed by atoms with E-state index in [4.69, 9.17) is 5.11 Å². The van der Waals surface area contributed by atoms with Gasteiger partial charge in [-0.2, -0.15) is 0 Å². The van der Waals surface area contributed by atoms with E-state index in [0.29, 0.717) is 18.4 Å². The van der Waals surface area contributed by atoms with Crippen LogP contribution in [0.2, 0.25) is 0 Å². The summed E-state index contributed by atoms with van der Waals surface area (Å²) < 4.78 is 0. The molecule has 16 heavy (non-hydrogen) atoms. The molecular formula is C14H21NO. The van der Waals surface area contributed by atoms with Gasteiger partial charge in [0, 0.05) is 25.9 Å². The summed E-state index contributed by atoms with van der Waals surface area (Å²) in [5.41, 5.74) is 2.83. The van der Waals surface area contributed by atoms with Gasteiger partial charge in [0.25, 0.3) is 0 Å². The minimum absolute atomic E-state index is 0.314. The highest BCUT2D eigenvalue weighted by atomic mass is 16.2. The van der Waals surface area contributed by atoms with Crippen molar-refractivity contribution in [2.24, 2.45) is 5.92 Å². The van der Waals surface area contributed by atoms with Gasteiger partial charge in [-0.25, -0.2) is 0 Å². The molecule has 1 aliphatic heterocycles. The second-order valence-electron chi connectivity index (χ2n) is 4.85. The van der Waals surface area contributed by atoms with Gasteiger partial charge in [0.1, 0.15) is 0 Å². The molecule has 0 unspecified atom stereocenters. The molecule has 0 aromatic heterocycles. The zero-order valence-electron chi connectivity index (χ0n) is 10.2. The zero-order chi connectivity index (χ0) is 11.5. The molecular weight excluding hydrogens is 198 g/mol. The third-order valence-electron chi connectivity index (χ3n) is 3.79. The van der Waals surface area contributed by atoms with E-state index < -0.39 is 0 Å². The lowest BCUT2D eigenvalue weighted by molar-refractivity contribution is 0.263. The Morgan fingerprint density at radius 3 is 2.88 bits per heavy atom. The SMILES string of the molecule is C[C@@H]1c2ccccc2N(C)C[C@H]1CCCO. The number of para-hydroxylation sites is 1. The van der Waals surface area contributed by atoms with Crippen LogP contribution in [0, 0.1) is 5.92 Å². The summed E-state index contributed by atoms with van der Waals surface area (Å²) in [5.74, 6) is 1.28.